The summed E-state index contributed by atoms with van der Waals surface area (Å²) in [6.07, 6.45) is 1.52. The average molecular weight is 300 g/mol. The SMILES string of the molecule is COc1cccc2c1CCC2Nc1c(F)cc(C#N)cc1F. The Hall–Kier alpha value is -2.61. The molecular formula is C17H14F2N2O. The van der Waals surface area contributed by atoms with E-state index < -0.39 is 11.6 Å². The maximum Gasteiger partial charge on any atom is 0.150 e. The number of hydrogen-bond donors (Lipinski definition) is 1. The van der Waals surface area contributed by atoms with Crippen molar-refractivity contribution in [1.29, 1.82) is 5.26 Å². The molecule has 1 atom stereocenters. The Labute approximate surface area is 127 Å². The molecule has 1 aliphatic carbocycles. The van der Waals surface area contributed by atoms with Gasteiger partial charge < -0.3 is 10.1 Å². The number of rotatable bonds is 3. The molecule has 0 bridgehead atoms. The molecule has 0 saturated carbocycles. The number of nitriles is 1. The number of ether oxygens (including phenoxy) is 1. The third kappa shape index (κ3) is 2.37. The Balaban J connectivity index is 1.93. The summed E-state index contributed by atoms with van der Waals surface area (Å²) in [5, 5.41) is 11.7. The van der Waals surface area contributed by atoms with Crippen molar-refractivity contribution in [3.05, 3.63) is 58.7 Å². The number of nitrogens with one attached hydrogen (secondary N) is 1. The van der Waals surface area contributed by atoms with Gasteiger partial charge in [0.15, 0.2) is 11.6 Å². The van der Waals surface area contributed by atoms with E-state index in [4.69, 9.17) is 10.00 Å². The van der Waals surface area contributed by atoms with Crippen LogP contribution in [0.2, 0.25) is 0 Å². The van der Waals surface area contributed by atoms with Crippen molar-refractivity contribution in [2.45, 2.75) is 18.9 Å². The molecule has 0 aliphatic heterocycles. The lowest BCUT2D eigenvalue weighted by atomic mass is 10.1. The quantitative estimate of drug-likeness (QED) is 0.933. The van der Waals surface area contributed by atoms with Gasteiger partial charge in [0.05, 0.1) is 24.8 Å². The Morgan fingerprint density at radius 3 is 2.64 bits per heavy atom. The summed E-state index contributed by atoms with van der Waals surface area (Å²) in [7, 11) is 1.61. The fourth-order valence-electron chi connectivity index (χ4n) is 2.91. The summed E-state index contributed by atoms with van der Waals surface area (Å²) in [6, 6.07) is 9.30. The predicted octanol–water partition coefficient (Wildman–Crippen LogP) is 3.94. The van der Waals surface area contributed by atoms with Crippen LogP contribution in [0.25, 0.3) is 0 Å². The van der Waals surface area contributed by atoms with Crippen LogP contribution in [-0.4, -0.2) is 7.11 Å². The molecule has 1 aliphatic rings. The molecule has 5 heteroatoms. The van der Waals surface area contributed by atoms with Gasteiger partial charge in [-0.1, -0.05) is 12.1 Å². The molecule has 0 heterocycles. The van der Waals surface area contributed by atoms with Gasteiger partial charge in [-0.05, 0) is 42.2 Å². The van der Waals surface area contributed by atoms with Crippen molar-refractivity contribution in [1.82, 2.24) is 0 Å². The van der Waals surface area contributed by atoms with E-state index in [2.05, 4.69) is 5.32 Å². The third-order valence-corrected chi connectivity index (χ3v) is 3.94. The Morgan fingerprint density at radius 2 is 2.00 bits per heavy atom. The molecule has 0 saturated heterocycles. The normalized spacial score (nSPS) is 16.0. The van der Waals surface area contributed by atoms with Crippen molar-refractivity contribution >= 4 is 5.69 Å². The first kappa shape index (κ1) is 14.3. The standard InChI is InChI=1S/C17H14F2N2O/c1-22-16-4-2-3-11-12(16)5-6-15(11)21-17-13(18)7-10(9-20)8-14(17)19/h2-4,7-8,15,21H,5-6H2,1H3. The first-order valence-corrected chi connectivity index (χ1v) is 6.95. The molecule has 0 radical (unpaired) electrons. The minimum atomic E-state index is -0.757. The van der Waals surface area contributed by atoms with Crippen molar-refractivity contribution in [2.75, 3.05) is 12.4 Å². The summed E-state index contributed by atoms with van der Waals surface area (Å²) in [5.74, 6) is -0.719. The highest BCUT2D eigenvalue weighted by molar-refractivity contribution is 5.54. The maximum absolute atomic E-state index is 14.0. The molecule has 1 N–H and O–H groups in total. The van der Waals surface area contributed by atoms with Crippen LogP contribution in [0.5, 0.6) is 5.75 Å². The van der Waals surface area contributed by atoms with Gasteiger partial charge in [0.1, 0.15) is 11.4 Å². The van der Waals surface area contributed by atoms with Gasteiger partial charge in [0.2, 0.25) is 0 Å². The van der Waals surface area contributed by atoms with Crippen LogP contribution in [-0.2, 0) is 6.42 Å². The second-order valence-electron chi connectivity index (χ2n) is 5.19. The zero-order chi connectivity index (χ0) is 15.7. The van der Waals surface area contributed by atoms with E-state index in [1.165, 1.54) is 0 Å². The highest BCUT2D eigenvalue weighted by Crippen LogP contribution is 2.39. The van der Waals surface area contributed by atoms with Gasteiger partial charge in [-0.15, -0.1) is 0 Å². The van der Waals surface area contributed by atoms with Gasteiger partial charge in [0, 0.05) is 0 Å². The minimum Gasteiger partial charge on any atom is -0.496 e. The lowest BCUT2D eigenvalue weighted by Gasteiger charge is -2.17. The fraction of sp³-hybridized carbons (Fsp3) is 0.235. The van der Waals surface area contributed by atoms with E-state index in [-0.39, 0.29) is 17.3 Å². The van der Waals surface area contributed by atoms with Crippen LogP contribution in [0.15, 0.2) is 30.3 Å². The van der Waals surface area contributed by atoms with Crippen LogP contribution in [0, 0.1) is 23.0 Å². The van der Waals surface area contributed by atoms with E-state index in [1.807, 2.05) is 18.2 Å². The third-order valence-electron chi connectivity index (χ3n) is 3.94. The molecule has 1 unspecified atom stereocenters. The number of fused-ring (bicyclic) bond motifs is 1. The van der Waals surface area contributed by atoms with Gasteiger partial charge in [-0.2, -0.15) is 5.26 Å². The molecular weight excluding hydrogens is 286 g/mol. The number of methoxy groups -OCH3 is 1. The monoisotopic (exact) mass is 300 g/mol. The number of anilines is 1. The molecule has 3 rings (SSSR count). The van der Waals surface area contributed by atoms with Crippen LogP contribution in [0.4, 0.5) is 14.5 Å². The highest BCUT2D eigenvalue weighted by Gasteiger charge is 2.26. The van der Waals surface area contributed by atoms with Crippen LogP contribution < -0.4 is 10.1 Å². The summed E-state index contributed by atoms with van der Waals surface area (Å²) in [5.41, 5.74) is 1.83. The second kappa shape index (κ2) is 5.64. The zero-order valence-corrected chi connectivity index (χ0v) is 12.0. The van der Waals surface area contributed by atoms with E-state index in [0.717, 1.165) is 41.9 Å². The molecule has 0 amide bonds. The summed E-state index contributed by atoms with van der Waals surface area (Å²) in [6.45, 7) is 0. The smallest absolute Gasteiger partial charge is 0.150 e. The maximum atomic E-state index is 14.0. The van der Waals surface area contributed by atoms with E-state index in [9.17, 15) is 8.78 Å². The molecule has 2 aromatic rings. The van der Waals surface area contributed by atoms with Gasteiger partial charge in [-0.3, -0.25) is 0 Å². The first-order valence-electron chi connectivity index (χ1n) is 6.95. The van der Waals surface area contributed by atoms with Gasteiger partial charge in [-0.25, -0.2) is 8.78 Å². The minimum absolute atomic E-state index is 0.0333. The fourth-order valence-corrected chi connectivity index (χ4v) is 2.91. The van der Waals surface area contributed by atoms with Crippen molar-refractivity contribution in [2.24, 2.45) is 0 Å². The molecule has 22 heavy (non-hydrogen) atoms. The van der Waals surface area contributed by atoms with Crippen molar-refractivity contribution < 1.29 is 13.5 Å². The zero-order valence-electron chi connectivity index (χ0n) is 12.0. The van der Waals surface area contributed by atoms with Crippen molar-refractivity contribution in [3.8, 4) is 11.8 Å². The Kier molecular flexibility index (Phi) is 3.68. The second-order valence-corrected chi connectivity index (χ2v) is 5.19. The molecule has 0 fully saturated rings. The molecule has 0 spiro atoms. The van der Waals surface area contributed by atoms with Crippen LogP contribution in [0.3, 0.4) is 0 Å². The van der Waals surface area contributed by atoms with Gasteiger partial charge >= 0.3 is 0 Å². The topological polar surface area (TPSA) is 45.0 Å². The number of benzene rings is 2. The lowest BCUT2D eigenvalue weighted by molar-refractivity contribution is 0.410. The summed E-state index contributed by atoms with van der Waals surface area (Å²) in [4.78, 5) is 0. The molecule has 2 aromatic carbocycles. The lowest BCUT2D eigenvalue weighted by Crippen LogP contribution is -2.10. The average Bonchev–Trinajstić information content (AvgIpc) is 2.93. The van der Waals surface area contributed by atoms with Crippen LogP contribution in [0.1, 0.15) is 29.2 Å². The van der Waals surface area contributed by atoms with Crippen molar-refractivity contribution in [3.63, 3.8) is 0 Å². The summed E-state index contributed by atoms with van der Waals surface area (Å²) >= 11 is 0. The highest BCUT2D eigenvalue weighted by atomic mass is 19.1. The number of halogens is 2. The van der Waals surface area contributed by atoms with E-state index >= 15 is 0 Å². The largest absolute Gasteiger partial charge is 0.496 e. The van der Waals surface area contributed by atoms with E-state index in [1.54, 1.807) is 13.2 Å². The Morgan fingerprint density at radius 1 is 1.27 bits per heavy atom. The summed E-state index contributed by atoms with van der Waals surface area (Å²) < 4.78 is 33.3. The Bertz CT molecular complexity index is 745. The number of hydrogen-bond acceptors (Lipinski definition) is 3. The molecule has 0 aromatic heterocycles. The van der Waals surface area contributed by atoms with Gasteiger partial charge in [0.25, 0.3) is 0 Å². The number of nitrogens with zero attached hydrogens (tertiary/aromatic N) is 1. The molecule has 112 valence electrons. The molecule has 3 nitrogen and oxygen atoms in total. The first-order chi connectivity index (χ1) is 10.6. The van der Waals surface area contributed by atoms with Crippen LogP contribution >= 0.6 is 0 Å². The van der Waals surface area contributed by atoms with E-state index in [0.29, 0.717) is 0 Å². The predicted molar refractivity (Wildman–Crippen MR) is 78.8 cm³/mol.